The predicted molar refractivity (Wildman–Crippen MR) is 39.3 cm³/mol. The van der Waals surface area contributed by atoms with E-state index in [1.165, 1.54) is 12.1 Å². The van der Waals surface area contributed by atoms with Gasteiger partial charge < -0.3 is 8.74 Å². The first-order valence-corrected chi connectivity index (χ1v) is 4.37. The number of pyridine rings is 1. The van der Waals surface area contributed by atoms with Gasteiger partial charge in [-0.05, 0) is 6.07 Å². The molecule has 0 aromatic carbocycles. The molecule has 0 unspecified atom stereocenters. The van der Waals surface area contributed by atoms with E-state index in [4.69, 9.17) is 5.26 Å². The van der Waals surface area contributed by atoms with Crippen molar-refractivity contribution in [3.63, 3.8) is 0 Å². The van der Waals surface area contributed by atoms with E-state index in [2.05, 4.69) is 9.17 Å². The summed E-state index contributed by atoms with van der Waals surface area (Å²) in [5.74, 6) is -0.408. The van der Waals surface area contributed by atoms with Crippen LogP contribution in [0, 0.1) is 11.3 Å². The molecule has 0 saturated heterocycles. The maximum absolute atomic E-state index is 10.1. The second kappa shape index (κ2) is 5.29. The minimum absolute atomic E-state index is 0. The fourth-order valence-corrected chi connectivity index (χ4v) is 0.930. The van der Waals surface area contributed by atoms with Crippen LogP contribution in [-0.4, -0.2) is 18.0 Å². The van der Waals surface area contributed by atoms with Gasteiger partial charge in [-0.1, -0.05) is 6.07 Å². The van der Waals surface area contributed by atoms with Crippen LogP contribution in [0.2, 0.25) is 0 Å². The molecule has 1 heterocycles. The van der Waals surface area contributed by atoms with Crippen LogP contribution in [-0.2, 0) is 10.4 Å². The Morgan fingerprint density at radius 3 is 2.64 bits per heavy atom. The smallest absolute Gasteiger partial charge is 0.716 e. The molecule has 0 spiro atoms. The van der Waals surface area contributed by atoms with Crippen LogP contribution in [0.5, 0.6) is 5.88 Å². The molecular weight excluding hydrogens is 219 g/mol. The normalized spacial score (nSPS) is 9.71. The second-order valence-electron chi connectivity index (χ2n) is 1.96. The molecule has 1 aromatic heterocycles. The quantitative estimate of drug-likeness (QED) is 0.296. The zero-order chi connectivity index (χ0) is 9.90. The minimum Gasteiger partial charge on any atom is -0.716 e. The summed E-state index contributed by atoms with van der Waals surface area (Å²) in [4.78, 5) is 3.41. The van der Waals surface area contributed by atoms with Crippen molar-refractivity contribution in [1.82, 2.24) is 4.98 Å². The van der Waals surface area contributed by atoms with Gasteiger partial charge in [-0.3, -0.25) is 0 Å². The van der Waals surface area contributed by atoms with E-state index in [1.807, 2.05) is 0 Å². The summed E-state index contributed by atoms with van der Waals surface area (Å²) >= 11 is 0. The van der Waals surface area contributed by atoms with E-state index >= 15 is 0 Å². The van der Waals surface area contributed by atoms with Gasteiger partial charge in [-0.25, -0.2) is 13.4 Å². The average Bonchev–Trinajstić information content (AvgIpc) is 2.01. The Morgan fingerprint density at radius 2 is 2.14 bits per heavy atom. The number of nitrogens with zero attached hydrogens (tertiary/aromatic N) is 2. The van der Waals surface area contributed by atoms with Crippen LogP contribution < -0.4 is 33.7 Å². The first-order valence-electron chi connectivity index (χ1n) is 3.04. The zero-order valence-electron chi connectivity index (χ0n) is 7.17. The Bertz CT molecular complexity index is 453. The van der Waals surface area contributed by atoms with Crippen LogP contribution in [0.25, 0.3) is 0 Å². The molecule has 0 atom stereocenters. The summed E-state index contributed by atoms with van der Waals surface area (Å²) in [6.07, 6.45) is 0. The second-order valence-corrected chi connectivity index (χ2v) is 2.95. The number of hydrogen-bond acceptors (Lipinski definition) is 6. The van der Waals surface area contributed by atoms with Gasteiger partial charge in [0.25, 0.3) is 10.4 Å². The molecule has 0 amide bonds. The van der Waals surface area contributed by atoms with E-state index < -0.39 is 16.3 Å². The van der Waals surface area contributed by atoms with Crippen molar-refractivity contribution in [2.24, 2.45) is 0 Å². The van der Waals surface area contributed by atoms with Crippen LogP contribution in [0.15, 0.2) is 18.2 Å². The van der Waals surface area contributed by atoms with E-state index in [0.29, 0.717) is 0 Å². The summed E-state index contributed by atoms with van der Waals surface area (Å²) in [6, 6.07) is 5.53. The summed E-state index contributed by atoms with van der Waals surface area (Å²) in [5, 5.41) is 8.36. The molecule has 0 N–H and O–H groups in total. The zero-order valence-corrected chi connectivity index (χ0v) is 9.98. The first-order chi connectivity index (χ1) is 6.01. The molecule has 8 heteroatoms. The van der Waals surface area contributed by atoms with Crippen molar-refractivity contribution in [2.75, 3.05) is 0 Å². The summed E-state index contributed by atoms with van der Waals surface area (Å²) in [7, 11) is -4.82. The Balaban J connectivity index is 0.00000169. The molecular formula is C6H3N2NaO4S. The monoisotopic (exact) mass is 222 g/mol. The molecule has 0 fully saturated rings. The molecule has 0 aliphatic heterocycles. The number of hydrogen-bond donors (Lipinski definition) is 0. The SMILES string of the molecule is N#Cc1cccc(OS(=O)(=O)[O-])n1.[Na+]. The van der Waals surface area contributed by atoms with Crippen LogP contribution in [0.4, 0.5) is 0 Å². The minimum atomic E-state index is -4.82. The number of nitriles is 1. The van der Waals surface area contributed by atoms with E-state index in [-0.39, 0.29) is 35.3 Å². The Kier molecular flexibility index (Phi) is 5.04. The number of aromatic nitrogens is 1. The van der Waals surface area contributed by atoms with Crippen molar-refractivity contribution in [3.8, 4) is 11.9 Å². The van der Waals surface area contributed by atoms with Crippen LogP contribution in [0.3, 0.4) is 0 Å². The molecule has 0 radical (unpaired) electrons. The van der Waals surface area contributed by atoms with Gasteiger partial charge in [-0.15, -0.1) is 0 Å². The fourth-order valence-electron chi connectivity index (χ4n) is 0.628. The van der Waals surface area contributed by atoms with Gasteiger partial charge >= 0.3 is 29.6 Å². The summed E-state index contributed by atoms with van der Waals surface area (Å²) < 4.78 is 34.2. The molecule has 0 saturated carbocycles. The molecule has 68 valence electrons. The summed E-state index contributed by atoms with van der Waals surface area (Å²) in [6.45, 7) is 0. The van der Waals surface area contributed by atoms with E-state index in [9.17, 15) is 13.0 Å². The molecule has 6 nitrogen and oxygen atoms in total. The van der Waals surface area contributed by atoms with Gasteiger partial charge in [-0.2, -0.15) is 5.26 Å². The van der Waals surface area contributed by atoms with Gasteiger partial charge in [0.15, 0.2) is 0 Å². The van der Waals surface area contributed by atoms with Crippen molar-refractivity contribution >= 4 is 10.4 Å². The van der Waals surface area contributed by atoms with Crippen LogP contribution in [0.1, 0.15) is 5.69 Å². The Labute approximate surface area is 103 Å². The van der Waals surface area contributed by atoms with Gasteiger partial charge in [0.1, 0.15) is 11.8 Å². The van der Waals surface area contributed by atoms with E-state index in [1.54, 1.807) is 6.07 Å². The van der Waals surface area contributed by atoms with Gasteiger partial charge in [0, 0.05) is 6.07 Å². The van der Waals surface area contributed by atoms with E-state index in [0.717, 1.165) is 6.07 Å². The van der Waals surface area contributed by atoms with Crippen LogP contribution >= 0.6 is 0 Å². The maximum Gasteiger partial charge on any atom is 1.00 e. The maximum atomic E-state index is 10.1. The Hall–Kier alpha value is -0.650. The van der Waals surface area contributed by atoms with Gasteiger partial charge in [0.05, 0.1) is 0 Å². The third-order valence-electron chi connectivity index (χ3n) is 1.03. The molecule has 14 heavy (non-hydrogen) atoms. The van der Waals surface area contributed by atoms with Crippen molar-refractivity contribution in [3.05, 3.63) is 23.9 Å². The molecule has 1 aromatic rings. The molecule has 0 bridgehead atoms. The Morgan fingerprint density at radius 1 is 1.50 bits per heavy atom. The van der Waals surface area contributed by atoms with Gasteiger partial charge in [0.2, 0.25) is 5.88 Å². The molecule has 0 aliphatic carbocycles. The summed E-state index contributed by atoms with van der Waals surface area (Å²) in [5.41, 5.74) is -0.0267. The largest absolute Gasteiger partial charge is 1.00 e. The van der Waals surface area contributed by atoms with Crippen molar-refractivity contribution in [2.45, 2.75) is 0 Å². The third-order valence-corrected chi connectivity index (χ3v) is 1.40. The third kappa shape index (κ3) is 4.55. The predicted octanol–water partition coefficient (Wildman–Crippen LogP) is -3.20. The molecule has 1 rings (SSSR count). The van der Waals surface area contributed by atoms with Crippen molar-refractivity contribution in [1.29, 1.82) is 5.26 Å². The average molecular weight is 222 g/mol. The van der Waals surface area contributed by atoms with Crippen molar-refractivity contribution < 1.29 is 46.7 Å². The fraction of sp³-hybridized carbons (Fsp3) is 0. The topological polar surface area (TPSA) is 103 Å². The number of rotatable bonds is 2. The standard InChI is InChI=1S/C6H4N2O4S.Na/c7-4-5-2-1-3-6(8-5)12-13(9,10)11;/h1-3H,(H,9,10,11);/q;+1/p-1. The first kappa shape index (κ1) is 13.4. The molecule has 0 aliphatic rings.